The summed E-state index contributed by atoms with van der Waals surface area (Å²) in [5.41, 5.74) is 3.12. The van der Waals surface area contributed by atoms with Gasteiger partial charge in [-0.2, -0.15) is 0 Å². The summed E-state index contributed by atoms with van der Waals surface area (Å²) in [5, 5.41) is 0. The lowest BCUT2D eigenvalue weighted by Crippen LogP contribution is -2.41. The molecule has 0 bridgehead atoms. The van der Waals surface area contributed by atoms with Crippen LogP contribution >= 0.6 is 0 Å². The number of hydrogen-bond acceptors (Lipinski definition) is 2. The molecule has 1 heterocycles. The molecule has 1 aliphatic rings. The highest BCUT2D eigenvalue weighted by Gasteiger charge is 2.20. The predicted octanol–water partition coefficient (Wildman–Crippen LogP) is 3.51. The van der Waals surface area contributed by atoms with Gasteiger partial charge in [-0.25, -0.2) is 0 Å². The Labute approximate surface area is 124 Å². The third-order valence-corrected chi connectivity index (χ3v) is 4.51. The van der Waals surface area contributed by atoms with Crippen LogP contribution in [-0.2, 0) is 12.0 Å². The van der Waals surface area contributed by atoms with E-state index in [0.29, 0.717) is 0 Å². The van der Waals surface area contributed by atoms with Crippen molar-refractivity contribution in [2.75, 3.05) is 27.2 Å². The molecule has 0 N–H and O–H groups in total. The number of piperidine rings is 1. The summed E-state index contributed by atoms with van der Waals surface area (Å²) in [4.78, 5) is 4.96. The van der Waals surface area contributed by atoms with Crippen molar-refractivity contribution in [1.82, 2.24) is 9.80 Å². The van der Waals surface area contributed by atoms with E-state index in [4.69, 9.17) is 0 Å². The molecule has 0 saturated carbocycles. The van der Waals surface area contributed by atoms with Gasteiger partial charge in [0.25, 0.3) is 0 Å². The molecular formula is C18H30N2. The Kier molecular flexibility index (Phi) is 4.87. The van der Waals surface area contributed by atoms with Crippen LogP contribution in [-0.4, -0.2) is 43.0 Å². The van der Waals surface area contributed by atoms with Gasteiger partial charge in [0.2, 0.25) is 0 Å². The van der Waals surface area contributed by atoms with Gasteiger partial charge in [0.05, 0.1) is 0 Å². The maximum absolute atomic E-state index is 2.59. The van der Waals surface area contributed by atoms with Gasteiger partial charge in [-0.05, 0) is 56.6 Å². The van der Waals surface area contributed by atoms with Gasteiger partial charge < -0.3 is 4.90 Å². The van der Waals surface area contributed by atoms with Crippen LogP contribution in [0.3, 0.4) is 0 Å². The zero-order chi connectivity index (χ0) is 14.8. The van der Waals surface area contributed by atoms with Gasteiger partial charge in [0.15, 0.2) is 0 Å². The van der Waals surface area contributed by atoms with Crippen molar-refractivity contribution in [1.29, 1.82) is 0 Å². The molecule has 2 heteroatoms. The fourth-order valence-electron chi connectivity index (χ4n) is 2.96. The van der Waals surface area contributed by atoms with Crippen molar-refractivity contribution in [3.8, 4) is 0 Å². The van der Waals surface area contributed by atoms with Crippen LogP contribution in [0.15, 0.2) is 24.3 Å². The topological polar surface area (TPSA) is 6.48 Å². The first-order valence-corrected chi connectivity index (χ1v) is 7.84. The van der Waals surface area contributed by atoms with Crippen LogP contribution in [0.25, 0.3) is 0 Å². The van der Waals surface area contributed by atoms with Crippen LogP contribution in [0.1, 0.15) is 44.7 Å². The summed E-state index contributed by atoms with van der Waals surface area (Å²) in [6.45, 7) is 10.4. The smallest absolute Gasteiger partial charge is 0.0233 e. The number of nitrogens with zero attached hydrogens (tertiary/aromatic N) is 2. The lowest BCUT2D eigenvalue weighted by Gasteiger charge is -2.35. The molecule has 20 heavy (non-hydrogen) atoms. The maximum atomic E-state index is 2.59. The fourth-order valence-corrected chi connectivity index (χ4v) is 2.96. The van der Waals surface area contributed by atoms with E-state index in [0.717, 1.165) is 12.6 Å². The van der Waals surface area contributed by atoms with Gasteiger partial charge in [-0.15, -0.1) is 0 Å². The molecule has 2 nitrogen and oxygen atoms in total. The summed E-state index contributed by atoms with van der Waals surface area (Å²) < 4.78 is 0. The zero-order valence-corrected chi connectivity index (χ0v) is 13.8. The van der Waals surface area contributed by atoms with Gasteiger partial charge in [0.1, 0.15) is 0 Å². The third-order valence-electron chi connectivity index (χ3n) is 4.51. The van der Waals surface area contributed by atoms with Crippen molar-refractivity contribution in [2.24, 2.45) is 0 Å². The Balaban J connectivity index is 1.89. The summed E-state index contributed by atoms with van der Waals surface area (Å²) in [6, 6.07) is 9.97. The molecule has 1 aromatic rings. The SMILES string of the molecule is CN(C)C1CCN(Cc2ccc(C(C)(C)C)cc2)CC1. The van der Waals surface area contributed by atoms with Crippen LogP contribution in [0.5, 0.6) is 0 Å². The maximum Gasteiger partial charge on any atom is 0.0233 e. The van der Waals surface area contributed by atoms with Gasteiger partial charge >= 0.3 is 0 Å². The first kappa shape index (κ1) is 15.5. The highest BCUT2D eigenvalue weighted by molar-refractivity contribution is 5.27. The minimum absolute atomic E-state index is 0.253. The highest BCUT2D eigenvalue weighted by Crippen LogP contribution is 2.23. The standard InChI is InChI=1S/C18H30N2/c1-18(2,3)16-8-6-15(7-9-16)14-20-12-10-17(11-13-20)19(4)5/h6-9,17H,10-14H2,1-5H3. The lowest BCUT2D eigenvalue weighted by molar-refractivity contribution is 0.140. The van der Waals surface area contributed by atoms with Crippen molar-refractivity contribution < 1.29 is 0 Å². The van der Waals surface area contributed by atoms with Crippen molar-refractivity contribution in [3.05, 3.63) is 35.4 Å². The Morgan fingerprint density at radius 3 is 2.05 bits per heavy atom. The fraction of sp³-hybridized carbons (Fsp3) is 0.667. The molecule has 1 fully saturated rings. The minimum Gasteiger partial charge on any atom is -0.306 e. The Hall–Kier alpha value is -0.860. The molecule has 1 aliphatic heterocycles. The quantitative estimate of drug-likeness (QED) is 0.832. The lowest BCUT2D eigenvalue weighted by atomic mass is 9.86. The summed E-state index contributed by atoms with van der Waals surface area (Å²) >= 11 is 0. The van der Waals surface area contributed by atoms with Crippen LogP contribution in [0, 0.1) is 0 Å². The molecule has 0 radical (unpaired) electrons. The van der Waals surface area contributed by atoms with E-state index in [9.17, 15) is 0 Å². The molecule has 1 aromatic carbocycles. The number of benzene rings is 1. The number of rotatable bonds is 3. The third kappa shape index (κ3) is 4.07. The summed E-state index contributed by atoms with van der Waals surface area (Å²) in [5.74, 6) is 0. The Morgan fingerprint density at radius 2 is 1.60 bits per heavy atom. The van der Waals surface area contributed by atoms with Gasteiger partial charge in [-0.3, -0.25) is 4.90 Å². The van der Waals surface area contributed by atoms with Crippen LogP contribution in [0.4, 0.5) is 0 Å². The predicted molar refractivity (Wildman–Crippen MR) is 87.1 cm³/mol. The molecule has 0 unspecified atom stereocenters. The summed E-state index contributed by atoms with van der Waals surface area (Å²) in [7, 11) is 4.40. The van der Waals surface area contributed by atoms with Crippen LogP contribution in [0.2, 0.25) is 0 Å². The van der Waals surface area contributed by atoms with E-state index in [-0.39, 0.29) is 5.41 Å². The number of likely N-dealkylation sites (tertiary alicyclic amines) is 1. The molecule has 0 atom stereocenters. The Bertz CT molecular complexity index is 406. The Morgan fingerprint density at radius 1 is 1.05 bits per heavy atom. The first-order valence-electron chi connectivity index (χ1n) is 7.84. The second kappa shape index (κ2) is 6.28. The number of hydrogen-bond donors (Lipinski definition) is 0. The average Bonchev–Trinajstić information content (AvgIpc) is 2.39. The van der Waals surface area contributed by atoms with E-state index in [1.165, 1.54) is 37.1 Å². The van der Waals surface area contributed by atoms with E-state index in [1.807, 2.05) is 0 Å². The minimum atomic E-state index is 0.253. The van der Waals surface area contributed by atoms with Crippen LogP contribution < -0.4 is 0 Å². The monoisotopic (exact) mass is 274 g/mol. The average molecular weight is 274 g/mol. The molecule has 1 saturated heterocycles. The van der Waals surface area contributed by atoms with Gasteiger partial charge in [-0.1, -0.05) is 45.0 Å². The molecule has 0 spiro atoms. The second-order valence-corrected chi connectivity index (χ2v) is 7.42. The highest BCUT2D eigenvalue weighted by atomic mass is 15.2. The molecule has 2 rings (SSSR count). The largest absolute Gasteiger partial charge is 0.306 e. The van der Waals surface area contributed by atoms with E-state index >= 15 is 0 Å². The molecule has 0 aliphatic carbocycles. The zero-order valence-electron chi connectivity index (χ0n) is 13.8. The second-order valence-electron chi connectivity index (χ2n) is 7.42. The first-order chi connectivity index (χ1) is 9.36. The van der Waals surface area contributed by atoms with E-state index in [2.05, 4.69) is 68.9 Å². The van der Waals surface area contributed by atoms with Gasteiger partial charge in [0, 0.05) is 12.6 Å². The van der Waals surface area contributed by atoms with E-state index < -0.39 is 0 Å². The molecule has 112 valence electrons. The molecule has 0 amide bonds. The normalized spacial score (nSPS) is 18.7. The molecule has 0 aromatic heterocycles. The van der Waals surface area contributed by atoms with Crippen molar-refractivity contribution in [3.63, 3.8) is 0 Å². The van der Waals surface area contributed by atoms with E-state index in [1.54, 1.807) is 0 Å². The molecular weight excluding hydrogens is 244 g/mol. The van der Waals surface area contributed by atoms with Crippen molar-refractivity contribution >= 4 is 0 Å². The van der Waals surface area contributed by atoms with Crippen molar-refractivity contribution in [2.45, 2.75) is 51.6 Å². The summed E-state index contributed by atoms with van der Waals surface area (Å²) in [6.07, 6.45) is 2.60.